The van der Waals surface area contributed by atoms with Crippen LogP contribution >= 0.6 is 11.3 Å². The van der Waals surface area contributed by atoms with Gasteiger partial charge < -0.3 is 9.84 Å². The van der Waals surface area contributed by atoms with Crippen molar-refractivity contribution in [2.45, 2.75) is 26.3 Å². The molecule has 1 fully saturated rings. The van der Waals surface area contributed by atoms with Gasteiger partial charge >= 0.3 is 0 Å². The number of carbonyl (C=O) groups is 2. The number of aryl methyl sites for hydroxylation is 1. The van der Waals surface area contributed by atoms with Crippen LogP contribution in [0.5, 0.6) is 5.75 Å². The van der Waals surface area contributed by atoms with Crippen molar-refractivity contribution < 1.29 is 19.4 Å². The van der Waals surface area contributed by atoms with Gasteiger partial charge in [0.25, 0.3) is 11.7 Å². The minimum atomic E-state index is -0.769. The van der Waals surface area contributed by atoms with E-state index in [2.05, 4.69) is 0 Å². The zero-order valence-corrected chi connectivity index (χ0v) is 19.1. The zero-order valence-electron chi connectivity index (χ0n) is 18.2. The fourth-order valence-electron chi connectivity index (χ4n) is 3.84. The van der Waals surface area contributed by atoms with Gasteiger partial charge in [-0.3, -0.25) is 14.5 Å². The number of anilines is 1. The highest BCUT2D eigenvalue weighted by atomic mass is 32.1. The number of Topliss-reactive ketones (excluding diaryl/α,β-unsaturated/α-hetero) is 1. The maximum absolute atomic E-state index is 13.1. The molecule has 2 heterocycles. The predicted octanol–water partition coefficient (Wildman–Crippen LogP) is 5.34. The van der Waals surface area contributed by atoms with E-state index in [4.69, 9.17) is 10.00 Å². The van der Waals surface area contributed by atoms with Gasteiger partial charge in [0.15, 0.2) is 0 Å². The van der Waals surface area contributed by atoms with Crippen LogP contribution in [0.2, 0.25) is 0 Å². The summed E-state index contributed by atoms with van der Waals surface area (Å²) in [5, 5.41) is 22.2. The van der Waals surface area contributed by atoms with Crippen molar-refractivity contribution in [2.75, 3.05) is 11.5 Å². The Kier molecular flexibility index (Phi) is 6.29. The number of ketones is 1. The van der Waals surface area contributed by atoms with E-state index in [1.807, 2.05) is 37.4 Å². The maximum atomic E-state index is 13.1. The average molecular weight is 459 g/mol. The Morgan fingerprint density at radius 2 is 1.94 bits per heavy atom. The molecule has 1 aliphatic rings. The van der Waals surface area contributed by atoms with Gasteiger partial charge in [-0.1, -0.05) is 13.0 Å². The topological polar surface area (TPSA) is 90.6 Å². The molecular weight excluding hydrogens is 436 g/mol. The summed E-state index contributed by atoms with van der Waals surface area (Å²) < 4.78 is 5.71. The molecule has 0 aliphatic carbocycles. The van der Waals surface area contributed by atoms with Crippen LogP contribution in [0.1, 0.15) is 41.0 Å². The van der Waals surface area contributed by atoms with E-state index in [1.54, 1.807) is 42.5 Å². The molecule has 4 rings (SSSR count). The van der Waals surface area contributed by atoms with Gasteiger partial charge in [-0.25, -0.2) is 0 Å². The highest BCUT2D eigenvalue weighted by molar-refractivity contribution is 7.10. The first-order valence-electron chi connectivity index (χ1n) is 10.5. The first-order valence-corrected chi connectivity index (χ1v) is 11.4. The van der Waals surface area contributed by atoms with Crippen LogP contribution in [0, 0.1) is 18.3 Å². The Balaban J connectivity index is 1.83. The van der Waals surface area contributed by atoms with Crippen molar-refractivity contribution in [3.8, 4) is 11.8 Å². The molecule has 1 N–H and O–H groups in total. The third-order valence-electron chi connectivity index (χ3n) is 5.44. The van der Waals surface area contributed by atoms with Crippen LogP contribution in [0.25, 0.3) is 5.76 Å². The van der Waals surface area contributed by atoms with E-state index in [-0.39, 0.29) is 11.3 Å². The number of nitrogens with zero attached hydrogens (tertiary/aromatic N) is 2. The molecule has 6 nitrogen and oxygen atoms in total. The van der Waals surface area contributed by atoms with E-state index in [9.17, 15) is 14.7 Å². The van der Waals surface area contributed by atoms with Gasteiger partial charge in [0.1, 0.15) is 17.6 Å². The summed E-state index contributed by atoms with van der Waals surface area (Å²) in [5.41, 5.74) is 2.22. The molecule has 0 spiro atoms. The Labute approximate surface area is 196 Å². The van der Waals surface area contributed by atoms with Gasteiger partial charge in [-0.15, -0.1) is 11.3 Å². The smallest absolute Gasteiger partial charge is 0.300 e. The molecule has 1 aromatic heterocycles. The lowest BCUT2D eigenvalue weighted by molar-refractivity contribution is -0.132. The van der Waals surface area contributed by atoms with Gasteiger partial charge in [0.2, 0.25) is 0 Å². The van der Waals surface area contributed by atoms with E-state index in [0.717, 1.165) is 16.9 Å². The quantitative estimate of drug-likeness (QED) is 0.306. The van der Waals surface area contributed by atoms with Gasteiger partial charge in [0, 0.05) is 16.1 Å². The molecule has 1 unspecified atom stereocenters. The van der Waals surface area contributed by atoms with Crippen molar-refractivity contribution in [1.29, 1.82) is 5.26 Å². The number of hydrogen-bond donors (Lipinski definition) is 1. The average Bonchev–Trinajstić information content (AvgIpc) is 3.45. The monoisotopic (exact) mass is 458 g/mol. The van der Waals surface area contributed by atoms with Crippen molar-refractivity contribution in [3.63, 3.8) is 0 Å². The van der Waals surface area contributed by atoms with E-state index >= 15 is 0 Å². The van der Waals surface area contributed by atoms with E-state index in [0.29, 0.717) is 29.2 Å². The highest BCUT2D eigenvalue weighted by Crippen LogP contribution is 2.43. The molecule has 0 radical (unpaired) electrons. The lowest BCUT2D eigenvalue weighted by Crippen LogP contribution is -2.29. The summed E-state index contributed by atoms with van der Waals surface area (Å²) in [5.74, 6) is -0.993. The van der Waals surface area contributed by atoms with Crippen molar-refractivity contribution in [3.05, 3.63) is 87.1 Å². The number of ether oxygens (including phenoxy) is 1. The number of benzene rings is 2. The summed E-state index contributed by atoms with van der Waals surface area (Å²) in [6.45, 7) is 4.47. The molecule has 7 heteroatoms. The second-order valence-corrected chi connectivity index (χ2v) is 8.65. The molecule has 2 aromatic carbocycles. The summed E-state index contributed by atoms with van der Waals surface area (Å²) >= 11 is 1.40. The zero-order chi connectivity index (χ0) is 23.5. The number of thiophene rings is 1. The molecule has 0 bridgehead atoms. The number of amides is 1. The Bertz CT molecular complexity index is 1270. The van der Waals surface area contributed by atoms with Gasteiger partial charge in [-0.05, 0) is 72.8 Å². The lowest BCUT2D eigenvalue weighted by atomic mass is 9.98. The number of aliphatic hydroxyl groups is 1. The molecule has 33 heavy (non-hydrogen) atoms. The van der Waals surface area contributed by atoms with Gasteiger partial charge in [0.05, 0.1) is 23.8 Å². The minimum absolute atomic E-state index is 0.0356. The minimum Gasteiger partial charge on any atom is -0.507 e. The number of nitriles is 1. The Hall–Kier alpha value is -3.89. The summed E-state index contributed by atoms with van der Waals surface area (Å²) in [6.07, 6.45) is 0.876. The predicted molar refractivity (Wildman–Crippen MR) is 127 cm³/mol. The first-order chi connectivity index (χ1) is 16.0. The largest absolute Gasteiger partial charge is 0.507 e. The lowest BCUT2D eigenvalue weighted by Gasteiger charge is -2.24. The number of carbonyl (C=O) groups excluding carboxylic acids is 2. The molecule has 3 aromatic rings. The first kappa shape index (κ1) is 22.3. The van der Waals surface area contributed by atoms with E-state index < -0.39 is 17.7 Å². The summed E-state index contributed by atoms with van der Waals surface area (Å²) in [4.78, 5) is 28.4. The van der Waals surface area contributed by atoms with Crippen LogP contribution in [0.4, 0.5) is 5.69 Å². The maximum Gasteiger partial charge on any atom is 0.300 e. The summed E-state index contributed by atoms with van der Waals surface area (Å²) in [7, 11) is 0. The summed E-state index contributed by atoms with van der Waals surface area (Å²) in [6, 6.07) is 16.6. The third kappa shape index (κ3) is 4.13. The van der Waals surface area contributed by atoms with Crippen molar-refractivity contribution in [2.24, 2.45) is 0 Å². The van der Waals surface area contributed by atoms with Gasteiger partial charge in [-0.2, -0.15) is 5.26 Å². The SMILES string of the molecule is CCCOc1ccc(/C(O)=C2/C(=O)C(=O)N(c3ccc(C#N)cc3)C2c2cccs2)cc1C. The molecule has 166 valence electrons. The van der Waals surface area contributed by atoms with Crippen LogP contribution in [-0.2, 0) is 9.59 Å². The number of aliphatic hydroxyl groups excluding tert-OH is 1. The van der Waals surface area contributed by atoms with Crippen LogP contribution in [0.3, 0.4) is 0 Å². The highest BCUT2D eigenvalue weighted by Gasteiger charge is 2.47. The molecular formula is C26H22N2O4S. The fourth-order valence-corrected chi connectivity index (χ4v) is 4.66. The van der Waals surface area contributed by atoms with Crippen LogP contribution in [0.15, 0.2) is 65.6 Å². The Morgan fingerprint density at radius 3 is 2.55 bits per heavy atom. The normalized spacial score (nSPS) is 17.2. The fraction of sp³-hybridized carbons (Fsp3) is 0.192. The second-order valence-electron chi connectivity index (χ2n) is 7.67. The standard InChI is InChI=1S/C26H22N2O4S/c1-3-12-32-20-11-8-18(14-16(20)2)24(29)22-23(21-5-4-13-33-21)28(26(31)25(22)30)19-9-6-17(15-27)7-10-19/h4-11,13-14,23,29H,3,12H2,1-2H3/b24-22-. The third-order valence-corrected chi connectivity index (χ3v) is 6.37. The number of hydrogen-bond acceptors (Lipinski definition) is 6. The van der Waals surface area contributed by atoms with Crippen molar-refractivity contribution in [1.82, 2.24) is 0 Å². The van der Waals surface area contributed by atoms with Crippen LogP contribution < -0.4 is 9.64 Å². The molecule has 1 amide bonds. The van der Waals surface area contributed by atoms with E-state index in [1.165, 1.54) is 16.2 Å². The second kappa shape index (κ2) is 9.31. The Morgan fingerprint density at radius 1 is 1.18 bits per heavy atom. The van der Waals surface area contributed by atoms with Crippen molar-refractivity contribution >= 4 is 34.5 Å². The molecule has 1 atom stereocenters. The number of rotatable bonds is 6. The molecule has 1 saturated heterocycles. The van der Waals surface area contributed by atoms with Crippen LogP contribution in [-0.4, -0.2) is 23.4 Å². The molecule has 0 saturated carbocycles. The molecule has 1 aliphatic heterocycles.